The van der Waals surface area contributed by atoms with Crippen LogP contribution >= 0.6 is 0 Å². The number of amides is 1. The summed E-state index contributed by atoms with van der Waals surface area (Å²) in [6, 6.07) is 22.2. The summed E-state index contributed by atoms with van der Waals surface area (Å²) >= 11 is 0. The fourth-order valence-corrected chi connectivity index (χ4v) is 5.72. The van der Waals surface area contributed by atoms with E-state index in [0.717, 1.165) is 49.8 Å². The zero-order valence-corrected chi connectivity index (χ0v) is 24.5. The number of pyridine rings is 1. The van der Waals surface area contributed by atoms with Crippen LogP contribution in [0.25, 0.3) is 21.8 Å². The minimum Gasteiger partial charge on any atom is -0.495 e. The van der Waals surface area contributed by atoms with Crippen LogP contribution in [0.2, 0.25) is 0 Å². The molecule has 0 spiro atoms. The number of carbonyl (C=O) groups excluding carboxylic acids is 1. The summed E-state index contributed by atoms with van der Waals surface area (Å²) in [5.74, 6) is 1.77. The van der Waals surface area contributed by atoms with Crippen molar-refractivity contribution in [2.45, 2.75) is 13.0 Å². The Morgan fingerprint density at radius 1 is 0.814 bits per heavy atom. The van der Waals surface area contributed by atoms with Gasteiger partial charge in [0.2, 0.25) is 0 Å². The molecule has 0 bridgehead atoms. The lowest BCUT2D eigenvalue weighted by Crippen LogP contribution is -2.34. The van der Waals surface area contributed by atoms with Crippen LogP contribution in [0.3, 0.4) is 0 Å². The standard InChI is InChI=1S/C34H34N4O5/c1-41-28-9-5-7-26-32(28)37-31-25(33(26)39)6-4-8-27(31)34(40)36-24-12-10-23(11-13-24)35-15-17-38-16-14-21-18-29(42-2)30(43-3)19-22(21)20-38/h4-13,18-19,35H,14-17,20H2,1-3H3,(H,36,40)(H,37,39). The molecule has 0 atom stereocenters. The van der Waals surface area contributed by atoms with Crippen molar-refractivity contribution in [3.63, 3.8) is 0 Å². The van der Waals surface area contributed by atoms with Crippen LogP contribution in [0.1, 0.15) is 21.5 Å². The molecule has 0 fully saturated rings. The third kappa shape index (κ3) is 5.59. The molecular weight excluding hydrogens is 544 g/mol. The average Bonchev–Trinajstić information content (AvgIpc) is 3.04. The van der Waals surface area contributed by atoms with Gasteiger partial charge in [0.1, 0.15) is 5.75 Å². The first-order chi connectivity index (χ1) is 21.0. The number of para-hydroxylation sites is 2. The first kappa shape index (κ1) is 28.1. The van der Waals surface area contributed by atoms with Gasteiger partial charge in [-0.05, 0) is 78.2 Å². The highest BCUT2D eigenvalue weighted by atomic mass is 16.5. The van der Waals surface area contributed by atoms with E-state index in [1.807, 2.05) is 24.3 Å². The third-order valence-electron chi connectivity index (χ3n) is 7.99. The number of ether oxygens (including phenoxy) is 3. The number of hydrogen-bond acceptors (Lipinski definition) is 7. The van der Waals surface area contributed by atoms with Crippen LogP contribution < -0.4 is 30.3 Å². The maximum absolute atomic E-state index is 13.3. The van der Waals surface area contributed by atoms with Crippen molar-refractivity contribution < 1.29 is 19.0 Å². The first-order valence-corrected chi connectivity index (χ1v) is 14.2. The first-order valence-electron chi connectivity index (χ1n) is 14.2. The SMILES string of the molecule is COc1cc2c(cc1OC)CN(CCNc1ccc(NC(=O)c3cccc4c(=O)c5cccc(OC)c5[nH]c34)cc1)CC2. The van der Waals surface area contributed by atoms with Gasteiger partial charge in [-0.3, -0.25) is 14.5 Å². The summed E-state index contributed by atoms with van der Waals surface area (Å²) in [7, 11) is 4.88. The fourth-order valence-electron chi connectivity index (χ4n) is 5.72. The Hall–Kier alpha value is -5.02. The van der Waals surface area contributed by atoms with Crippen molar-refractivity contribution in [3.05, 3.63) is 99.7 Å². The zero-order chi connectivity index (χ0) is 29.9. The number of H-pyrrole nitrogens is 1. The predicted molar refractivity (Wildman–Crippen MR) is 170 cm³/mol. The number of benzene rings is 4. The molecule has 0 saturated carbocycles. The highest BCUT2D eigenvalue weighted by molar-refractivity contribution is 6.13. The number of aromatic nitrogens is 1. The van der Waals surface area contributed by atoms with E-state index in [1.54, 1.807) is 57.7 Å². The molecule has 0 radical (unpaired) electrons. The van der Waals surface area contributed by atoms with E-state index in [4.69, 9.17) is 14.2 Å². The smallest absolute Gasteiger partial charge is 0.257 e. The van der Waals surface area contributed by atoms with Gasteiger partial charge in [-0.15, -0.1) is 0 Å². The molecule has 220 valence electrons. The Morgan fingerprint density at radius 3 is 2.19 bits per heavy atom. The summed E-state index contributed by atoms with van der Waals surface area (Å²) in [4.78, 5) is 32.2. The van der Waals surface area contributed by atoms with Gasteiger partial charge in [0.15, 0.2) is 16.9 Å². The number of methoxy groups -OCH3 is 3. The molecule has 0 saturated heterocycles. The summed E-state index contributed by atoms with van der Waals surface area (Å²) in [5.41, 5.74) is 5.46. The molecule has 9 nitrogen and oxygen atoms in total. The van der Waals surface area contributed by atoms with E-state index in [0.29, 0.717) is 38.8 Å². The molecule has 3 N–H and O–H groups in total. The number of nitrogens with one attached hydrogen (secondary N) is 3. The number of carbonyl (C=O) groups is 1. The molecule has 1 aliphatic heterocycles. The molecule has 2 heterocycles. The van der Waals surface area contributed by atoms with Gasteiger partial charge in [-0.2, -0.15) is 0 Å². The Morgan fingerprint density at radius 2 is 1.47 bits per heavy atom. The molecule has 9 heteroatoms. The molecular formula is C34H34N4O5. The highest BCUT2D eigenvalue weighted by Crippen LogP contribution is 2.33. The summed E-state index contributed by atoms with van der Waals surface area (Å²) in [6.07, 6.45) is 0.971. The molecule has 4 aromatic carbocycles. The highest BCUT2D eigenvalue weighted by Gasteiger charge is 2.19. The Bertz CT molecular complexity index is 1870. The van der Waals surface area contributed by atoms with Crippen molar-refractivity contribution >= 4 is 39.1 Å². The second-order valence-corrected chi connectivity index (χ2v) is 10.5. The average molecular weight is 579 g/mol. The quantitative estimate of drug-likeness (QED) is 0.200. The number of hydrogen-bond donors (Lipinski definition) is 3. The normalized spacial score (nSPS) is 13.0. The number of anilines is 2. The summed E-state index contributed by atoms with van der Waals surface area (Å²) in [6.45, 7) is 3.53. The van der Waals surface area contributed by atoms with Crippen molar-refractivity contribution in [2.24, 2.45) is 0 Å². The van der Waals surface area contributed by atoms with Crippen LogP contribution in [0, 0.1) is 0 Å². The van der Waals surface area contributed by atoms with Gasteiger partial charge in [0, 0.05) is 48.3 Å². The van der Waals surface area contributed by atoms with Crippen molar-refractivity contribution in [3.8, 4) is 17.2 Å². The molecule has 1 aromatic heterocycles. The van der Waals surface area contributed by atoms with Crippen LogP contribution in [0.5, 0.6) is 17.2 Å². The number of rotatable bonds is 9. The minimum absolute atomic E-state index is 0.151. The lowest BCUT2D eigenvalue weighted by atomic mass is 9.99. The van der Waals surface area contributed by atoms with E-state index in [-0.39, 0.29) is 11.3 Å². The van der Waals surface area contributed by atoms with Gasteiger partial charge in [-0.1, -0.05) is 12.1 Å². The van der Waals surface area contributed by atoms with Gasteiger partial charge in [-0.25, -0.2) is 0 Å². The van der Waals surface area contributed by atoms with Crippen LogP contribution in [-0.4, -0.2) is 56.8 Å². The van der Waals surface area contributed by atoms with Crippen molar-refractivity contribution in [1.82, 2.24) is 9.88 Å². The molecule has 0 unspecified atom stereocenters. The topological polar surface area (TPSA) is 105 Å². The lowest BCUT2D eigenvalue weighted by Gasteiger charge is -2.29. The Balaban J connectivity index is 1.09. The van der Waals surface area contributed by atoms with Gasteiger partial charge in [0.25, 0.3) is 5.91 Å². The number of nitrogens with zero attached hydrogens (tertiary/aromatic N) is 1. The van der Waals surface area contributed by atoms with E-state index in [9.17, 15) is 9.59 Å². The Labute approximate surface area is 249 Å². The number of aromatic amines is 1. The van der Waals surface area contributed by atoms with Crippen LogP contribution in [0.15, 0.2) is 77.6 Å². The zero-order valence-electron chi connectivity index (χ0n) is 24.5. The van der Waals surface area contributed by atoms with Crippen molar-refractivity contribution in [1.29, 1.82) is 0 Å². The summed E-state index contributed by atoms with van der Waals surface area (Å²) in [5, 5.41) is 7.40. The van der Waals surface area contributed by atoms with Crippen LogP contribution in [0.4, 0.5) is 11.4 Å². The fraction of sp³-hybridized carbons (Fsp3) is 0.235. The molecule has 43 heavy (non-hydrogen) atoms. The molecule has 1 amide bonds. The molecule has 1 aliphatic rings. The number of fused-ring (bicyclic) bond motifs is 3. The lowest BCUT2D eigenvalue weighted by molar-refractivity contribution is 0.102. The van der Waals surface area contributed by atoms with Gasteiger partial charge >= 0.3 is 0 Å². The third-order valence-corrected chi connectivity index (χ3v) is 7.99. The van der Waals surface area contributed by atoms with E-state index < -0.39 is 0 Å². The van der Waals surface area contributed by atoms with Gasteiger partial charge < -0.3 is 29.8 Å². The second-order valence-electron chi connectivity index (χ2n) is 10.5. The molecule has 0 aliphatic carbocycles. The predicted octanol–water partition coefficient (Wildman–Crippen LogP) is 5.43. The van der Waals surface area contributed by atoms with Crippen molar-refractivity contribution in [2.75, 3.05) is 51.6 Å². The minimum atomic E-state index is -0.309. The second kappa shape index (κ2) is 12.1. The summed E-state index contributed by atoms with van der Waals surface area (Å²) < 4.78 is 16.4. The van der Waals surface area contributed by atoms with E-state index >= 15 is 0 Å². The Kier molecular flexibility index (Phi) is 7.89. The van der Waals surface area contributed by atoms with E-state index in [2.05, 4.69) is 32.7 Å². The maximum Gasteiger partial charge on any atom is 0.257 e. The van der Waals surface area contributed by atoms with Gasteiger partial charge in [0.05, 0.1) is 37.9 Å². The van der Waals surface area contributed by atoms with Crippen LogP contribution in [-0.2, 0) is 13.0 Å². The van der Waals surface area contributed by atoms with E-state index in [1.165, 1.54) is 11.1 Å². The monoisotopic (exact) mass is 578 g/mol. The molecule has 6 rings (SSSR count). The largest absolute Gasteiger partial charge is 0.495 e. The molecule has 5 aromatic rings. The maximum atomic E-state index is 13.3.